The number of halogens is 6. The highest BCUT2D eigenvalue weighted by Gasteiger charge is 2.49. The lowest BCUT2D eigenvalue weighted by atomic mass is 9.95. The van der Waals surface area contributed by atoms with Gasteiger partial charge >= 0.3 is 12.2 Å². The van der Waals surface area contributed by atoms with E-state index in [4.69, 9.17) is 11.2 Å². The first kappa shape index (κ1) is 35.2. The Morgan fingerprint density at radius 1 is 1.13 bits per heavy atom. The Labute approximate surface area is 300 Å². The number of terminal acetylenes is 1. The van der Waals surface area contributed by atoms with Crippen molar-refractivity contribution in [1.82, 2.24) is 30.1 Å². The number of alkyl halides is 4. The molecule has 0 aliphatic carbocycles. The van der Waals surface area contributed by atoms with Gasteiger partial charge in [0, 0.05) is 56.1 Å². The minimum absolute atomic E-state index is 0.00710. The van der Waals surface area contributed by atoms with Crippen LogP contribution in [0, 0.1) is 24.0 Å². The van der Waals surface area contributed by atoms with Crippen molar-refractivity contribution in [3.05, 3.63) is 47.2 Å². The SMILES string of the molecule is C#Cc1c(F)ccc2cc(O)cc(-c3nc(C(=O)N(C)CC(F)(F)F)c4c(N5CC6CCC(C5)N6)nc(OC[C@@]56CCCN5C[C@H](F)C6)nc4c3F)c12. The quantitative estimate of drug-likeness (QED) is 0.192. The third-order valence-electron chi connectivity index (χ3n) is 10.9. The first-order chi connectivity index (χ1) is 25.2. The molecule has 4 aromatic rings. The fraction of sp³-hybridized carbons (Fsp3) is 0.459. The molecule has 0 saturated carbocycles. The third kappa shape index (κ3) is 6.23. The molecule has 8 rings (SSSR count). The molecule has 0 spiro atoms. The van der Waals surface area contributed by atoms with Crippen molar-refractivity contribution in [2.24, 2.45) is 0 Å². The molecule has 4 atom stereocenters. The van der Waals surface area contributed by atoms with E-state index in [0.29, 0.717) is 31.0 Å². The van der Waals surface area contributed by atoms with E-state index in [1.54, 1.807) is 0 Å². The van der Waals surface area contributed by atoms with Crippen LogP contribution in [0.2, 0.25) is 0 Å². The Kier molecular flexibility index (Phi) is 8.56. The molecular formula is C37H35F6N7O3. The molecule has 0 radical (unpaired) electrons. The number of benzene rings is 2. The molecule has 2 aromatic carbocycles. The molecule has 2 aromatic heterocycles. The Morgan fingerprint density at radius 2 is 1.89 bits per heavy atom. The normalized spacial score (nSPS) is 24.2. The van der Waals surface area contributed by atoms with Crippen LogP contribution >= 0.6 is 0 Å². The van der Waals surface area contributed by atoms with E-state index in [9.17, 15) is 27.5 Å². The number of amides is 1. The maximum absolute atomic E-state index is 17.3. The number of piperazine rings is 1. The summed E-state index contributed by atoms with van der Waals surface area (Å²) >= 11 is 0. The highest BCUT2D eigenvalue weighted by molar-refractivity contribution is 6.11. The van der Waals surface area contributed by atoms with Gasteiger partial charge in [-0.3, -0.25) is 9.69 Å². The van der Waals surface area contributed by atoms with Crippen LogP contribution < -0.4 is 15.0 Å². The van der Waals surface area contributed by atoms with Gasteiger partial charge in [-0.2, -0.15) is 23.1 Å². The van der Waals surface area contributed by atoms with Crippen molar-refractivity contribution in [1.29, 1.82) is 0 Å². The highest BCUT2D eigenvalue weighted by atomic mass is 19.4. The van der Waals surface area contributed by atoms with E-state index < -0.39 is 58.9 Å². The van der Waals surface area contributed by atoms with Crippen LogP contribution in [0.4, 0.5) is 32.2 Å². The molecule has 4 fully saturated rings. The van der Waals surface area contributed by atoms with E-state index >= 15 is 8.78 Å². The summed E-state index contributed by atoms with van der Waals surface area (Å²) in [6.45, 7) is 0.0477. The van der Waals surface area contributed by atoms with Gasteiger partial charge in [0.25, 0.3) is 5.91 Å². The van der Waals surface area contributed by atoms with Crippen molar-refractivity contribution >= 4 is 33.4 Å². The molecule has 4 aliphatic rings. The van der Waals surface area contributed by atoms with E-state index in [-0.39, 0.29) is 76.5 Å². The summed E-state index contributed by atoms with van der Waals surface area (Å²) in [5, 5.41) is 14.1. The van der Waals surface area contributed by atoms with Gasteiger partial charge in [0.05, 0.1) is 16.5 Å². The van der Waals surface area contributed by atoms with Crippen LogP contribution in [0.3, 0.4) is 0 Å². The topological polar surface area (TPSA) is 107 Å². The van der Waals surface area contributed by atoms with Crippen molar-refractivity contribution in [2.75, 3.05) is 51.3 Å². The smallest absolute Gasteiger partial charge is 0.406 e. The minimum atomic E-state index is -4.78. The van der Waals surface area contributed by atoms with Gasteiger partial charge in [-0.1, -0.05) is 12.0 Å². The maximum Gasteiger partial charge on any atom is 0.406 e. The van der Waals surface area contributed by atoms with Crippen LogP contribution in [0.5, 0.6) is 11.8 Å². The second-order valence-electron chi connectivity index (χ2n) is 14.5. The predicted molar refractivity (Wildman–Crippen MR) is 184 cm³/mol. The van der Waals surface area contributed by atoms with Crippen molar-refractivity contribution in [3.63, 3.8) is 0 Å². The molecule has 278 valence electrons. The number of phenols is 1. The number of hydrogen-bond acceptors (Lipinski definition) is 9. The van der Waals surface area contributed by atoms with Gasteiger partial charge in [-0.05, 0) is 55.8 Å². The fourth-order valence-corrected chi connectivity index (χ4v) is 8.65. The average Bonchev–Trinajstić information content (AvgIpc) is 3.76. The van der Waals surface area contributed by atoms with Crippen molar-refractivity contribution < 1.29 is 41.0 Å². The second-order valence-corrected chi connectivity index (χ2v) is 14.5. The molecule has 2 unspecified atom stereocenters. The number of hydrogen-bond donors (Lipinski definition) is 2. The van der Waals surface area contributed by atoms with Gasteiger partial charge in [-0.15, -0.1) is 6.42 Å². The lowest BCUT2D eigenvalue weighted by Gasteiger charge is -2.35. The van der Waals surface area contributed by atoms with E-state index in [0.717, 1.165) is 38.4 Å². The standard InChI is InChI=1S/C37H35F6N7O3/c1-3-24-26(39)8-5-19-11-23(51)12-25(27(19)24)30-29(40)31-28(32(45-30)34(52)48(2)17-37(41,42)43)33(49-15-21-6-7-22(16-49)44-21)47-35(46-31)53-18-36-9-4-10-50(36)14-20(38)13-36/h1,5,8,11-12,20-22,44,51H,4,6-7,9-10,13-18H2,2H3/t20-,21?,22?,36+/m1/s1. The van der Waals surface area contributed by atoms with Crippen LogP contribution in [-0.2, 0) is 0 Å². The first-order valence-corrected chi connectivity index (χ1v) is 17.4. The van der Waals surface area contributed by atoms with Crippen LogP contribution in [0.15, 0.2) is 24.3 Å². The Hall–Kier alpha value is -4.88. The van der Waals surface area contributed by atoms with Crippen molar-refractivity contribution in [2.45, 2.75) is 62.1 Å². The molecule has 6 heterocycles. The number of anilines is 1. The second kappa shape index (κ2) is 12.9. The van der Waals surface area contributed by atoms with Gasteiger partial charge in [0.2, 0.25) is 0 Å². The molecular weight excluding hydrogens is 704 g/mol. The number of pyridine rings is 1. The summed E-state index contributed by atoms with van der Waals surface area (Å²) in [4.78, 5) is 31.8. The number of carbonyl (C=O) groups excluding carboxylic acids is 1. The van der Waals surface area contributed by atoms with Gasteiger partial charge < -0.3 is 25.0 Å². The largest absolute Gasteiger partial charge is 0.508 e. The summed E-state index contributed by atoms with van der Waals surface area (Å²) in [7, 11) is 0.942. The number of fused-ring (bicyclic) bond motifs is 5. The molecule has 10 nitrogen and oxygen atoms in total. The molecule has 4 saturated heterocycles. The molecule has 2 bridgehead atoms. The fourth-order valence-electron chi connectivity index (χ4n) is 8.65. The Morgan fingerprint density at radius 3 is 2.60 bits per heavy atom. The summed E-state index contributed by atoms with van der Waals surface area (Å²) in [5.41, 5.74) is -2.82. The average molecular weight is 740 g/mol. The third-order valence-corrected chi connectivity index (χ3v) is 10.9. The zero-order chi connectivity index (χ0) is 37.4. The van der Waals surface area contributed by atoms with Gasteiger partial charge in [0.1, 0.15) is 53.6 Å². The molecule has 4 aliphatic heterocycles. The lowest BCUT2D eigenvalue weighted by molar-refractivity contribution is -0.138. The number of aromatic hydroxyl groups is 1. The minimum Gasteiger partial charge on any atom is -0.508 e. The number of rotatable bonds is 7. The summed E-state index contributed by atoms with van der Waals surface area (Å²) in [6.07, 6.45) is 3.26. The number of aromatic nitrogens is 3. The molecule has 2 N–H and O–H groups in total. The number of nitrogens with zero attached hydrogens (tertiary/aromatic N) is 6. The maximum atomic E-state index is 17.3. The van der Waals surface area contributed by atoms with Crippen LogP contribution in [0.1, 0.15) is 48.2 Å². The number of phenolic OH excluding ortho intramolecular Hbond substituents is 1. The van der Waals surface area contributed by atoms with Gasteiger partial charge in [0.15, 0.2) is 5.82 Å². The van der Waals surface area contributed by atoms with Gasteiger partial charge in [-0.25, -0.2) is 18.2 Å². The van der Waals surface area contributed by atoms with Crippen LogP contribution in [-0.4, -0.2) is 112 Å². The summed E-state index contributed by atoms with van der Waals surface area (Å²) in [6, 6.07) is 4.53. The molecule has 1 amide bonds. The number of carbonyl (C=O) groups is 1. The monoisotopic (exact) mass is 739 g/mol. The summed E-state index contributed by atoms with van der Waals surface area (Å²) in [5.74, 6) is -1.26. The van der Waals surface area contributed by atoms with Crippen LogP contribution in [0.25, 0.3) is 32.9 Å². The molecule has 53 heavy (non-hydrogen) atoms. The van der Waals surface area contributed by atoms with E-state index in [1.165, 1.54) is 12.1 Å². The zero-order valence-corrected chi connectivity index (χ0v) is 28.6. The number of ether oxygens (including phenoxy) is 1. The first-order valence-electron chi connectivity index (χ1n) is 17.4. The lowest BCUT2D eigenvalue weighted by Crippen LogP contribution is -2.51. The van der Waals surface area contributed by atoms with E-state index in [2.05, 4.69) is 26.2 Å². The zero-order valence-electron chi connectivity index (χ0n) is 28.6. The highest BCUT2D eigenvalue weighted by Crippen LogP contribution is 2.43. The Bertz CT molecular complexity index is 2180. The Balaban J connectivity index is 1.38. The number of nitrogens with one attached hydrogen (secondary N) is 1. The van der Waals surface area contributed by atoms with Crippen molar-refractivity contribution in [3.8, 4) is 35.4 Å². The molecule has 16 heteroatoms. The summed E-state index contributed by atoms with van der Waals surface area (Å²) < 4.78 is 94.2. The predicted octanol–water partition coefficient (Wildman–Crippen LogP) is 5.34. The van der Waals surface area contributed by atoms with E-state index in [1.807, 2.05) is 9.80 Å².